The van der Waals surface area contributed by atoms with Crippen molar-refractivity contribution >= 4 is 5.71 Å². The van der Waals surface area contributed by atoms with E-state index in [-0.39, 0.29) is 29.0 Å². The van der Waals surface area contributed by atoms with Crippen molar-refractivity contribution in [2.24, 2.45) is 28.6 Å². The van der Waals surface area contributed by atoms with E-state index in [0.29, 0.717) is 11.8 Å². The lowest BCUT2D eigenvalue weighted by molar-refractivity contribution is -0.0851. The first kappa shape index (κ1) is 17.3. The Morgan fingerprint density at radius 3 is 2.64 bits per heavy atom. The van der Waals surface area contributed by atoms with E-state index in [0.717, 1.165) is 43.6 Å². The van der Waals surface area contributed by atoms with Gasteiger partial charge in [0.25, 0.3) is 0 Å². The van der Waals surface area contributed by atoms with Gasteiger partial charge in [-0.25, -0.2) is 0 Å². The number of aliphatic hydroxyl groups is 1. The monoisotopic (exact) mass is 345 g/mol. The molecule has 0 heterocycles. The maximum absolute atomic E-state index is 11.2. The van der Waals surface area contributed by atoms with Crippen molar-refractivity contribution in [3.05, 3.63) is 23.5 Å². The Morgan fingerprint density at radius 2 is 1.96 bits per heavy atom. The first-order valence-electron chi connectivity index (χ1n) is 9.62. The number of methoxy groups -OCH3 is 2. The van der Waals surface area contributed by atoms with Gasteiger partial charge in [-0.15, -0.1) is 0 Å². The lowest BCUT2D eigenvalue weighted by atomic mass is 9.48. The van der Waals surface area contributed by atoms with E-state index in [1.165, 1.54) is 5.57 Å². The molecule has 4 rings (SSSR count). The molecule has 0 aromatic rings. The van der Waals surface area contributed by atoms with Crippen molar-refractivity contribution in [3.63, 3.8) is 0 Å². The molecule has 7 atom stereocenters. The Kier molecular flexibility index (Phi) is 3.93. The number of hydrogen-bond acceptors (Lipinski definition) is 4. The van der Waals surface area contributed by atoms with Crippen molar-refractivity contribution in [3.8, 4) is 0 Å². The first-order chi connectivity index (χ1) is 11.9. The average molecular weight is 345 g/mol. The van der Waals surface area contributed by atoms with Crippen LogP contribution in [0.1, 0.15) is 46.0 Å². The highest BCUT2D eigenvalue weighted by Gasteiger charge is 2.60. The van der Waals surface area contributed by atoms with Crippen LogP contribution in [0.4, 0.5) is 0 Å². The first-order valence-corrected chi connectivity index (χ1v) is 9.62. The maximum Gasteiger partial charge on any atom is 0.128 e. The topological polar surface area (TPSA) is 62.5 Å². The van der Waals surface area contributed by atoms with Crippen LogP contribution >= 0.6 is 0 Å². The van der Waals surface area contributed by atoms with Gasteiger partial charge in [0.2, 0.25) is 0 Å². The smallest absolute Gasteiger partial charge is 0.128 e. The molecule has 2 fully saturated rings. The molecular weight excluding hydrogens is 314 g/mol. The van der Waals surface area contributed by atoms with Crippen molar-refractivity contribution in [1.82, 2.24) is 0 Å². The summed E-state index contributed by atoms with van der Waals surface area (Å²) in [5.74, 6) is 1.97. The molecule has 0 aromatic carbocycles. The highest BCUT2D eigenvalue weighted by Crippen LogP contribution is 2.63. The summed E-state index contributed by atoms with van der Waals surface area (Å²) in [4.78, 5) is 0. The molecule has 0 amide bonds. The zero-order valence-corrected chi connectivity index (χ0v) is 15.8. The summed E-state index contributed by atoms with van der Waals surface area (Å²) in [6.07, 6.45) is 8.84. The van der Waals surface area contributed by atoms with E-state index in [1.54, 1.807) is 14.2 Å². The van der Waals surface area contributed by atoms with Crippen molar-refractivity contribution < 1.29 is 14.6 Å². The predicted octanol–water partition coefficient (Wildman–Crippen LogP) is 3.70. The number of ether oxygens (including phenoxy) is 2. The zero-order valence-electron chi connectivity index (χ0n) is 15.8. The summed E-state index contributed by atoms with van der Waals surface area (Å²) < 4.78 is 11.4. The van der Waals surface area contributed by atoms with Crippen LogP contribution in [0.25, 0.3) is 0 Å². The normalized spacial score (nSPS) is 48.8. The molecule has 0 aromatic heterocycles. The van der Waals surface area contributed by atoms with Crippen LogP contribution in [0.2, 0.25) is 0 Å². The van der Waals surface area contributed by atoms with Gasteiger partial charge in [-0.2, -0.15) is 0 Å². The molecule has 0 spiro atoms. The van der Waals surface area contributed by atoms with Crippen LogP contribution in [-0.4, -0.2) is 37.2 Å². The van der Waals surface area contributed by atoms with Crippen LogP contribution in [0.5, 0.6) is 0 Å². The number of nitrogens with one attached hydrogen (secondary N) is 1. The van der Waals surface area contributed by atoms with Gasteiger partial charge in [-0.3, -0.25) is 0 Å². The van der Waals surface area contributed by atoms with E-state index in [4.69, 9.17) is 14.9 Å². The van der Waals surface area contributed by atoms with Gasteiger partial charge >= 0.3 is 0 Å². The molecule has 6 unspecified atom stereocenters. The molecule has 138 valence electrons. The van der Waals surface area contributed by atoms with Crippen LogP contribution in [-0.2, 0) is 9.47 Å². The Bertz CT molecular complexity index is 654. The zero-order chi connectivity index (χ0) is 18.0. The molecular formula is C21H31NO3. The van der Waals surface area contributed by atoms with E-state index >= 15 is 0 Å². The third-order valence-corrected chi connectivity index (χ3v) is 7.96. The van der Waals surface area contributed by atoms with Crippen molar-refractivity contribution in [1.29, 1.82) is 5.41 Å². The SMILES string of the molecule is COC1=C2C=CC3C4CCC(=N)C4(C)C[C@@H](O)C3C2(C)CCC1OC. The summed E-state index contributed by atoms with van der Waals surface area (Å²) in [7, 11) is 3.47. The summed E-state index contributed by atoms with van der Waals surface area (Å²) in [6.45, 7) is 4.51. The number of hydrogen-bond donors (Lipinski definition) is 2. The molecule has 25 heavy (non-hydrogen) atoms. The fraction of sp³-hybridized carbons (Fsp3) is 0.762. The Morgan fingerprint density at radius 1 is 1.20 bits per heavy atom. The second-order valence-electron chi connectivity index (χ2n) is 8.94. The van der Waals surface area contributed by atoms with Gasteiger partial charge in [0, 0.05) is 29.6 Å². The quantitative estimate of drug-likeness (QED) is 0.802. The predicted molar refractivity (Wildman–Crippen MR) is 97.5 cm³/mol. The Balaban J connectivity index is 1.82. The summed E-state index contributed by atoms with van der Waals surface area (Å²) in [5, 5.41) is 19.6. The van der Waals surface area contributed by atoms with Crippen LogP contribution in [0.15, 0.2) is 23.5 Å². The maximum atomic E-state index is 11.2. The van der Waals surface area contributed by atoms with Crippen LogP contribution in [0.3, 0.4) is 0 Å². The van der Waals surface area contributed by atoms with E-state index < -0.39 is 0 Å². The van der Waals surface area contributed by atoms with Crippen LogP contribution in [0, 0.1) is 34.0 Å². The van der Waals surface area contributed by atoms with Crippen LogP contribution < -0.4 is 0 Å². The minimum atomic E-state index is -0.369. The second kappa shape index (κ2) is 5.68. The molecule has 2 N–H and O–H groups in total. The van der Waals surface area contributed by atoms with Gasteiger partial charge in [-0.05, 0) is 49.5 Å². The average Bonchev–Trinajstić information content (AvgIpc) is 2.87. The molecule has 2 saturated carbocycles. The molecule has 4 nitrogen and oxygen atoms in total. The highest BCUT2D eigenvalue weighted by atomic mass is 16.5. The number of fused-ring (bicyclic) bond motifs is 5. The number of aliphatic hydroxyl groups excluding tert-OH is 1. The lowest BCUT2D eigenvalue weighted by Crippen LogP contribution is -2.56. The second-order valence-corrected chi connectivity index (χ2v) is 8.94. The third-order valence-electron chi connectivity index (χ3n) is 7.96. The minimum Gasteiger partial charge on any atom is -0.498 e. The fourth-order valence-electron chi connectivity index (χ4n) is 6.63. The third kappa shape index (κ3) is 2.16. The van der Waals surface area contributed by atoms with E-state index in [2.05, 4.69) is 26.0 Å². The van der Waals surface area contributed by atoms with E-state index in [1.807, 2.05) is 0 Å². The highest BCUT2D eigenvalue weighted by molar-refractivity contribution is 5.89. The molecule has 0 saturated heterocycles. The van der Waals surface area contributed by atoms with Gasteiger partial charge in [-0.1, -0.05) is 26.0 Å². The lowest BCUT2D eigenvalue weighted by Gasteiger charge is -2.57. The molecule has 0 radical (unpaired) electrons. The molecule has 4 aliphatic rings. The standard InChI is InChI=1S/C21H31NO3/c1-20-10-9-16(24-3)19(25-4)14(20)6-5-12-13-7-8-17(22)21(13,2)11-15(23)18(12)20/h5-6,12-13,15-16,18,22-23H,7-11H2,1-4H3/t12?,13?,15-,16?,18?,20?,21?/m1/s1. The summed E-state index contributed by atoms with van der Waals surface area (Å²) in [6, 6.07) is 0. The molecule has 4 aliphatic carbocycles. The number of rotatable bonds is 2. The van der Waals surface area contributed by atoms with Crippen molar-refractivity contribution in [2.45, 2.75) is 58.2 Å². The largest absolute Gasteiger partial charge is 0.498 e. The molecule has 0 aliphatic heterocycles. The minimum absolute atomic E-state index is 0.0138. The van der Waals surface area contributed by atoms with Gasteiger partial charge in [0.1, 0.15) is 11.9 Å². The molecule has 4 heteroatoms. The summed E-state index contributed by atoms with van der Waals surface area (Å²) in [5.41, 5.74) is 1.85. The van der Waals surface area contributed by atoms with Crippen molar-refractivity contribution in [2.75, 3.05) is 14.2 Å². The Labute approximate surface area is 150 Å². The van der Waals surface area contributed by atoms with Gasteiger partial charge < -0.3 is 20.0 Å². The fourth-order valence-corrected chi connectivity index (χ4v) is 6.63. The van der Waals surface area contributed by atoms with E-state index in [9.17, 15) is 5.11 Å². The summed E-state index contributed by atoms with van der Waals surface area (Å²) >= 11 is 0. The van der Waals surface area contributed by atoms with Gasteiger partial charge in [0.05, 0.1) is 13.2 Å². The Hall–Kier alpha value is -1.13. The number of allylic oxidation sites excluding steroid dienone is 3. The van der Waals surface area contributed by atoms with Gasteiger partial charge in [0.15, 0.2) is 0 Å². The molecule has 0 bridgehead atoms.